The van der Waals surface area contributed by atoms with Gasteiger partial charge in [0.2, 0.25) is 0 Å². The Kier molecular flexibility index (Phi) is 9.44. The van der Waals surface area contributed by atoms with E-state index in [1.165, 1.54) is 0 Å². The zero-order valence-corrected chi connectivity index (χ0v) is 16.3. The third-order valence-corrected chi connectivity index (χ3v) is 3.61. The van der Waals surface area contributed by atoms with Crippen LogP contribution in [0.2, 0.25) is 0 Å². The molecule has 0 saturated carbocycles. The summed E-state index contributed by atoms with van der Waals surface area (Å²) >= 11 is 5.56. The Balaban J connectivity index is 2.55. The molecule has 1 amide bonds. The van der Waals surface area contributed by atoms with E-state index in [0.717, 1.165) is 17.5 Å². The van der Waals surface area contributed by atoms with Crippen molar-refractivity contribution in [3.63, 3.8) is 0 Å². The van der Waals surface area contributed by atoms with Crippen molar-refractivity contribution in [1.29, 1.82) is 0 Å². The second kappa shape index (κ2) is 11.0. The first-order valence-electron chi connectivity index (χ1n) is 8.65. The first kappa shape index (κ1) is 22.3. The van der Waals surface area contributed by atoms with Crippen LogP contribution < -0.4 is 5.32 Å². The maximum atomic E-state index is 11.8. The van der Waals surface area contributed by atoms with E-state index < -0.39 is 23.7 Å². The van der Waals surface area contributed by atoms with Crippen molar-refractivity contribution < 1.29 is 24.2 Å². The van der Waals surface area contributed by atoms with Crippen molar-refractivity contribution in [2.24, 2.45) is 0 Å². The number of hydrogen-bond donors (Lipinski definition) is 2. The highest BCUT2D eigenvalue weighted by Crippen LogP contribution is 2.11. The first-order chi connectivity index (χ1) is 12.2. The number of halogens is 1. The number of benzene rings is 1. The van der Waals surface area contributed by atoms with Gasteiger partial charge in [-0.3, -0.25) is 0 Å². The van der Waals surface area contributed by atoms with Gasteiger partial charge in [-0.1, -0.05) is 24.3 Å². The van der Waals surface area contributed by atoms with Gasteiger partial charge in [-0.2, -0.15) is 0 Å². The summed E-state index contributed by atoms with van der Waals surface area (Å²) in [5, 5.41) is 11.7. The summed E-state index contributed by atoms with van der Waals surface area (Å²) in [6, 6.07) is 6.90. The zero-order chi connectivity index (χ0) is 19.6. The molecule has 1 aromatic carbocycles. The largest absolute Gasteiger partial charge is 0.480 e. The Morgan fingerprint density at radius 1 is 1.19 bits per heavy atom. The molecule has 26 heavy (non-hydrogen) atoms. The third kappa shape index (κ3) is 9.63. The van der Waals surface area contributed by atoms with E-state index in [0.29, 0.717) is 25.5 Å². The molecular weight excluding hydrogens is 358 g/mol. The van der Waals surface area contributed by atoms with Gasteiger partial charge in [0, 0.05) is 5.88 Å². The number of carboxylic acids is 1. The maximum Gasteiger partial charge on any atom is 0.408 e. The summed E-state index contributed by atoms with van der Waals surface area (Å²) in [5.74, 6) is -0.608. The lowest BCUT2D eigenvalue weighted by Gasteiger charge is -2.22. The molecule has 0 fully saturated rings. The minimum Gasteiger partial charge on any atom is -0.480 e. The number of amides is 1. The van der Waals surface area contributed by atoms with Gasteiger partial charge in [0.05, 0.1) is 13.2 Å². The molecule has 2 N–H and O–H groups in total. The monoisotopic (exact) mass is 385 g/mol. The van der Waals surface area contributed by atoms with Crippen LogP contribution in [-0.2, 0) is 27.1 Å². The van der Waals surface area contributed by atoms with E-state index in [4.69, 9.17) is 21.1 Å². The Morgan fingerprint density at radius 3 is 2.42 bits per heavy atom. The maximum absolute atomic E-state index is 11.8. The highest BCUT2D eigenvalue weighted by molar-refractivity contribution is 6.17. The average molecular weight is 386 g/mol. The van der Waals surface area contributed by atoms with Gasteiger partial charge in [-0.05, 0) is 51.2 Å². The predicted octanol–water partition coefficient (Wildman–Crippen LogP) is 3.40. The van der Waals surface area contributed by atoms with Crippen LogP contribution in [0.1, 0.15) is 38.3 Å². The number of alkyl carbamates (subject to hydrolysis) is 1. The third-order valence-electron chi connectivity index (χ3n) is 3.46. The number of alkyl halides is 1. The molecule has 1 atom stereocenters. The molecule has 7 heteroatoms. The quantitative estimate of drug-likeness (QED) is 0.476. The van der Waals surface area contributed by atoms with Crippen LogP contribution in [0, 0.1) is 0 Å². The molecule has 0 heterocycles. The number of carbonyl (C=O) groups is 2. The average Bonchev–Trinajstić information content (AvgIpc) is 2.54. The molecule has 0 unspecified atom stereocenters. The summed E-state index contributed by atoms with van der Waals surface area (Å²) in [6.07, 6.45) is 0.850. The van der Waals surface area contributed by atoms with E-state index in [-0.39, 0.29) is 6.42 Å². The molecule has 0 aliphatic carbocycles. The SMILES string of the molecule is CC(C)(C)OC(=O)N[C@H](CCc1cccc(CCOCCCl)c1)C(=O)O. The molecule has 6 nitrogen and oxygen atoms in total. The number of carboxylic acid groups (broad SMARTS) is 1. The van der Waals surface area contributed by atoms with Crippen LogP contribution in [0.15, 0.2) is 24.3 Å². The van der Waals surface area contributed by atoms with Crippen LogP contribution in [0.25, 0.3) is 0 Å². The van der Waals surface area contributed by atoms with Crippen molar-refractivity contribution in [3.8, 4) is 0 Å². The molecule has 0 aliphatic heterocycles. The zero-order valence-electron chi connectivity index (χ0n) is 15.6. The van der Waals surface area contributed by atoms with Crippen LogP contribution in [0.5, 0.6) is 0 Å². The second-order valence-electron chi connectivity index (χ2n) is 6.95. The van der Waals surface area contributed by atoms with Crippen molar-refractivity contribution in [2.45, 2.75) is 51.7 Å². The van der Waals surface area contributed by atoms with Crippen molar-refractivity contribution in [3.05, 3.63) is 35.4 Å². The first-order valence-corrected chi connectivity index (χ1v) is 9.18. The summed E-state index contributed by atoms with van der Waals surface area (Å²) in [7, 11) is 0. The normalized spacial score (nSPS) is 12.5. The van der Waals surface area contributed by atoms with Crippen LogP contribution in [0.3, 0.4) is 0 Å². The number of hydrogen-bond acceptors (Lipinski definition) is 4. The fourth-order valence-electron chi connectivity index (χ4n) is 2.31. The number of rotatable bonds is 10. The smallest absolute Gasteiger partial charge is 0.408 e. The van der Waals surface area contributed by atoms with E-state index >= 15 is 0 Å². The number of carbonyl (C=O) groups excluding carboxylic acids is 1. The minimum atomic E-state index is -1.08. The highest BCUT2D eigenvalue weighted by Gasteiger charge is 2.23. The lowest BCUT2D eigenvalue weighted by atomic mass is 10.0. The van der Waals surface area contributed by atoms with Crippen LogP contribution in [-0.4, -0.2) is 47.9 Å². The molecular formula is C19H28ClNO5. The number of ether oxygens (including phenoxy) is 2. The molecule has 0 saturated heterocycles. The Bertz CT molecular complexity index is 586. The number of aryl methyl sites for hydroxylation is 1. The molecule has 0 aromatic heterocycles. The van der Waals surface area contributed by atoms with Gasteiger partial charge in [0.1, 0.15) is 11.6 Å². The molecule has 146 valence electrons. The van der Waals surface area contributed by atoms with E-state index in [9.17, 15) is 14.7 Å². The lowest BCUT2D eigenvalue weighted by molar-refractivity contribution is -0.139. The Hall–Kier alpha value is -1.79. The topological polar surface area (TPSA) is 84.9 Å². The van der Waals surface area contributed by atoms with Gasteiger partial charge < -0.3 is 19.9 Å². The van der Waals surface area contributed by atoms with Gasteiger partial charge in [-0.15, -0.1) is 11.6 Å². The van der Waals surface area contributed by atoms with Crippen molar-refractivity contribution in [2.75, 3.05) is 19.1 Å². The Morgan fingerprint density at radius 2 is 1.85 bits per heavy atom. The Labute approximate surface area is 159 Å². The highest BCUT2D eigenvalue weighted by atomic mass is 35.5. The summed E-state index contributed by atoms with van der Waals surface area (Å²) in [4.78, 5) is 23.2. The summed E-state index contributed by atoms with van der Waals surface area (Å²) < 4.78 is 10.5. The number of nitrogens with one attached hydrogen (secondary N) is 1. The van der Waals surface area contributed by atoms with E-state index in [1.807, 2.05) is 24.3 Å². The van der Waals surface area contributed by atoms with E-state index in [1.54, 1.807) is 20.8 Å². The minimum absolute atomic E-state index is 0.279. The van der Waals surface area contributed by atoms with Gasteiger partial charge in [0.25, 0.3) is 0 Å². The summed E-state index contributed by atoms with van der Waals surface area (Å²) in [6.45, 7) is 6.30. The summed E-state index contributed by atoms with van der Waals surface area (Å²) in [5.41, 5.74) is 1.45. The van der Waals surface area contributed by atoms with Crippen molar-refractivity contribution >= 4 is 23.7 Å². The standard InChI is InChI=1S/C19H28ClNO5/c1-19(2,3)26-18(24)21-16(17(22)23)8-7-14-5-4-6-15(13-14)9-11-25-12-10-20/h4-6,13,16H,7-12H2,1-3H3,(H,21,24)(H,22,23)/t16-/m1/s1. The van der Waals surface area contributed by atoms with Crippen molar-refractivity contribution in [1.82, 2.24) is 5.32 Å². The van der Waals surface area contributed by atoms with Gasteiger partial charge in [-0.25, -0.2) is 9.59 Å². The van der Waals surface area contributed by atoms with Crippen LogP contribution in [0.4, 0.5) is 4.79 Å². The molecule has 0 bridgehead atoms. The molecule has 1 rings (SSSR count). The van der Waals surface area contributed by atoms with Gasteiger partial charge in [0.15, 0.2) is 0 Å². The molecule has 1 aromatic rings. The number of aliphatic carboxylic acids is 1. The second-order valence-corrected chi connectivity index (χ2v) is 7.32. The molecule has 0 aliphatic rings. The van der Waals surface area contributed by atoms with Gasteiger partial charge >= 0.3 is 12.1 Å². The fraction of sp³-hybridized carbons (Fsp3) is 0.579. The molecule has 0 spiro atoms. The molecule has 0 radical (unpaired) electrons. The fourth-order valence-corrected chi connectivity index (χ4v) is 2.41. The predicted molar refractivity (Wildman–Crippen MR) is 101 cm³/mol. The van der Waals surface area contributed by atoms with E-state index in [2.05, 4.69) is 5.32 Å². The van der Waals surface area contributed by atoms with Crippen LogP contribution >= 0.6 is 11.6 Å². The lowest BCUT2D eigenvalue weighted by Crippen LogP contribution is -2.43.